The molecule has 2 amide bonds. The highest BCUT2D eigenvalue weighted by molar-refractivity contribution is 5.94. The fourth-order valence-corrected chi connectivity index (χ4v) is 3.83. The van der Waals surface area contributed by atoms with Crippen molar-refractivity contribution in [3.8, 4) is 11.3 Å². The van der Waals surface area contributed by atoms with Crippen LogP contribution in [0.3, 0.4) is 0 Å². The molecule has 7 nitrogen and oxygen atoms in total. The van der Waals surface area contributed by atoms with E-state index in [1.54, 1.807) is 36.4 Å². The Morgan fingerprint density at radius 3 is 2.43 bits per heavy atom. The van der Waals surface area contributed by atoms with Gasteiger partial charge in [0, 0.05) is 41.5 Å². The first-order chi connectivity index (χ1) is 17.0. The molecule has 4 rings (SSSR count). The summed E-state index contributed by atoms with van der Waals surface area (Å²) in [7, 11) is 1.52. The molecule has 1 aromatic heterocycles. The van der Waals surface area contributed by atoms with E-state index in [9.17, 15) is 14.0 Å². The monoisotopic (exact) mass is 475 g/mol. The van der Waals surface area contributed by atoms with Crippen LogP contribution in [0.1, 0.15) is 12.0 Å². The summed E-state index contributed by atoms with van der Waals surface area (Å²) in [5.74, 6) is -0.467. The molecule has 0 radical (unpaired) electrons. The minimum absolute atomic E-state index is 0.145. The number of aromatic amines is 1. The number of anilines is 2. The normalized spacial score (nSPS) is 10.8. The number of halogens is 1. The van der Waals surface area contributed by atoms with Crippen LogP contribution in [0.2, 0.25) is 0 Å². The van der Waals surface area contributed by atoms with Gasteiger partial charge in [-0.3, -0.25) is 10.1 Å². The predicted octanol–water partition coefficient (Wildman–Crippen LogP) is 5.74. The quantitative estimate of drug-likeness (QED) is 0.269. The molecule has 1 heterocycles. The number of H-pyrrole nitrogens is 1. The van der Waals surface area contributed by atoms with Crippen LogP contribution >= 0.6 is 0 Å². The second kappa shape index (κ2) is 11.3. The number of aryl methyl sites for hydroxylation is 1. The van der Waals surface area contributed by atoms with Gasteiger partial charge >= 0.3 is 6.09 Å². The van der Waals surface area contributed by atoms with Gasteiger partial charge in [0.1, 0.15) is 12.4 Å². The highest BCUT2D eigenvalue weighted by atomic mass is 19.1. The van der Waals surface area contributed by atoms with E-state index in [2.05, 4.69) is 15.6 Å². The molecule has 0 atom stereocenters. The lowest BCUT2D eigenvalue weighted by Crippen LogP contribution is -2.17. The zero-order valence-corrected chi connectivity index (χ0v) is 19.3. The first-order valence-corrected chi connectivity index (χ1v) is 11.2. The number of aromatic nitrogens is 1. The van der Waals surface area contributed by atoms with E-state index >= 15 is 0 Å². The van der Waals surface area contributed by atoms with Gasteiger partial charge < -0.3 is 19.8 Å². The van der Waals surface area contributed by atoms with Crippen molar-refractivity contribution < 1.29 is 23.5 Å². The number of hydrogen-bond acceptors (Lipinski definition) is 4. The fraction of sp³-hybridized carbons (Fsp3) is 0.185. The van der Waals surface area contributed by atoms with Crippen molar-refractivity contribution in [3.05, 3.63) is 84.2 Å². The number of ether oxygens (including phenoxy) is 2. The summed E-state index contributed by atoms with van der Waals surface area (Å²) in [4.78, 5) is 28.0. The first-order valence-electron chi connectivity index (χ1n) is 11.2. The highest BCUT2D eigenvalue weighted by Gasteiger charge is 2.15. The lowest BCUT2D eigenvalue weighted by molar-refractivity contribution is -0.116. The van der Waals surface area contributed by atoms with Crippen LogP contribution in [-0.4, -0.2) is 37.3 Å². The van der Waals surface area contributed by atoms with E-state index in [1.807, 2.05) is 24.3 Å². The third-order valence-corrected chi connectivity index (χ3v) is 5.46. The van der Waals surface area contributed by atoms with Crippen LogP contribution in [0, 0.1) is 5.82 Å². The summed E-state index contributed by atoms with van der Waals surface area (Å²) in [6, 6.07) is 21.0. The van der Waals surface area contributed by atoms with Crippen molar-refractivity contribution >= 4 is 34.3 Å². The van der Waals surface area contributed by atoms with Crippen molar-refractivity contribution in [1.82, 2.24) is 4.98 Å². The first kappa shape index (κ1) is 24.0. The minimum Gasteiger partial charge on any atom is -0.447 e. The summed E-state index contributed by atoms with van der Waals surface area (Å²) >= 11 is 0. The van der Waals surface area contributed by atoms with Crippen LogP contribution in [0.5, 0.6) is 0 Å². The number of fused-ring (bicyclic) bond motifs is 1. The van der Waals surface area contributed by atoms with E-state index in [0.717, 1.165) is 27.7 Å². The molecule has 35 heavy (non-hydrogen) atoms. The number of amides is 2. The maximum Gasteiger partial charge on any atom is 0.411 e. The van der Waals surface area contributed by atoms with Crippen molar-refractivity contribution in [2.75, 3.05) is 31.0 Å². The lowest BCUT2D eigenvalue weighted by atomic mass is 10.0. The number of methoxy groups -OCH3 is 1. The number of carbonyl (C=O) groups excluding carboxylic acids is 2. The summed E-state index contributed by atoms with van der Waals surface area (Å²) in [6.07, 6.45) is 0.136. The Hall–Kier alpha value is -4.17. The number of nitrogens with one attached hydrogen (secondary N) is 3. The van der Waals surface area contributed by atoms with Crippen LogP contribution in [0.15, 0.2) is 72.8 Å². The van der Waals surface area contributed by atoms with E-state index in [1.165, 1.54) is 19.2 Å². The summed E-state index contributed by atoms with van der Waals surface area (Å²) < 4.78 is 23.3. The minimum atomic E-state index is -0.599. The lowest BCUT2D eigenvalue weighted by Gasteiger charge is -2.10. The molecular formula is C27H26FN3O4. The number of carbonyl (C=O) groups is 2. The van der Waals surface area contributed by atoms with Crippen molar-refractivity contribution in [3.63, 3.8) is 0 Å². The number of benzene rings is 3. The molecular weight excluding hydrogens is 449 g/mol. The SMILES string of the molecule is COCCOC(=O)Nc1cccc(NC(=O)CCc2c(-c3ccc(F)cc3)[nH]c3ccccc23)c1. The van der Waals surface area contributed by atoms with Crippen LogP contribution in [0.25, 0.3) is 22.2 Å². The average molecular weight is 476 g/mol. The van der Waals surface area contributed by atoms with Gasteiger partial charge in [0.15, 0.2) is 0 Å². The van der Waals surface area contributed by atoms with Crippen molar-refractivity contribution in [2.45, 2.75) is 12.8 Å². The smallest absolute Gasteiger partial charge is 0.411 e. The molecule has 0 spiro atoms. The highest BCUT2D eigenvalue weighted by Crippen LogP contribution is 2.31. The average Bonchev–Trinajstić information content (AvgIpc) is 3.22. The molecule has 0 fully saturated rings. The Kier molecular flexibility index (Phi) is 7.74. The topological polar surface area (TPSA) is 92.4 Å². The third kappa shape index (κ3) is 6.24. The molecule has 0 aliphatic heterocycles. The standard InChI is InChI=1S/C27H26FN3O4/c1-34-15-16-35-27(33)30-21-6-4-5-20(17-21)29-25(32)14-13-23-22-7-2-3-8-24(22)31-26(23)18-9-11-19(28)12-10-18/h2-12,17,31H,13-16H2,1H3,(H,29,32)(H,30,33). The Morgan fingerprint density at radius 2 is 1.66 bits per heavy atom. The van der Waals surface area contributed by atoms with Gasteiger partial charge in [0.05, 0.1) is 6.61 Å². The summed E-state index contributed by atoms with van der Waals surface area (Å²) in [6.45, 7) is 0.454. The molecule has 0 saturated heterocycles. The Bertz CT molecular complexity index is 1320. The molecule has 3 N–H and O–H groups in total. The molecule has 0 aliphatic carbocycles. The maximum atomic E-state index is 13.4. The fourth-order valence-electron chi connectivity index (χ4n) is 3.83. The predicted molar refractivity (Wildman–Crippen MR) is 134 cm³/mol. The van der Waals surface area contributed by atoms with Gasteiger partial charge in [-0.25, -0.2) is 9.18 Å². The van der Waals surface area contributed by atoms with Gasteiger partial charge in [0.2, 0.25) is 5.91 Å². The number of hydrogen-bond donors (Lipinski definition) is 3. The van der Waals surface area contributed by atoms with Crippen molar-refractivity contribution in [1.29, 1.82) is 0 Å². The van der Waals surface area contributed by atoms with E-state index in [0.29, 0.717) is 24.4 Å². The Morgan fingerprint density at radius 1 is 0.914 bits per heavy atom. The summed E-state index contributed by atoms with van der Waals surface area (Å²) in [5, 5.41) is 6.52. The van der Waals surface area contributed by atoms with Gasteiger partial charge in [0.25, 0.3) is 0 Å². The second-order valence-corrected chi connectivity index (χ2v) is 7.91. The molecule has 4 aromatic rings. The summed E-state index contributed by atoms with van der Waals surface area (Å²) in [5.41, 5.74) is 4.74. The van der Waals surface area contributed by atoms with E-state index in [-0.39, 0.29) is 24.8 Å². The Labute approximate surface area is 202 Å². The van der Waals surface area contributed by atoms with Gasteiger partial charge in [-0.05, 0) is 66.1 Å². The van der Waals surface area contributed by atoms with Crippen molar-refractivity contribution in [2.24, 2.45) is 0 Å². The van der Waals surface area contributed by atoms with Gasteiger partial charge in [-0.1, -0.05) is 24.3 Å². The molecule has 0 saturated carbocycles. The number of para-hydroxylation sites is 1. The Balaban J connectivity index is 1.43. The van der Waals surface area contributed by atoms with Gasteiger partial charge in [-0.15, -0.1) is 0 Å². The number of rotatable bonds is 9. The molecule has 0 unspecified atom stereocenters. The molecule has 3 aromatic carbocycles. The second-order valence-electron chi connectivity index (χ2n) is 7.91. The molecule has 0 bridgehead atoms. The van der Waals surface area contributed by atoms with E-state index in [4.69, 9.17) is 9.47 Å². The molecule has 8 heteroatoms. The van der Waals surface area contributed by atoms with E-state index < -0.39 is 6.09 Å². The maximum absolute atomic E-state index is 13.4. The van der Waals surface area contributed by atoms with Crippen LogP contribution in [0.4, 0.5) is 20.6 Å². The largest absolute Gasteiger partial charge is 0.447 e. The molecule has 0 aliphatic rings. The van der Waals surface area contributed by atoms with Gasteiger partial charge in [-0.2, -0.15) is 0 Å². The van der Waals surface area contributed by atoms with Crippen LogP contribution in [-0.2, 0) is 20.7 Å². The third-order valence-electron chi connectivity index (χ3n) is 5.46. The molecule has 180 valence electrons. The zero-order valence-electron chi connectivity index (χ0n) is 19.3. The van der Waals surface area contributed by atoms with Crippen LogP contribution < -0.4 is 10.6 Å². The zero-order chi connectivity index (χ0) is 24.6.